The van der Waals surface area contributed by atoms with Crippen LogP contribution in [0.4, 0.5) is 0 Å². The van der Waals surface area contributed by atoms with Gasteiger partial charge in [0, 0.05) is 0 Å². The molecule has 0 aromatic heterocycles. The largest absolute Gasteiger partial charge is 0.394 e. The van der Waals surface area contributed by atoms with Crippen molar-refractivity contribution in [2.75, 3.05) is 0 Å². The van der Waals surface area contributed by atoms with Gasteiger partial charge in [0.15, 0.2) is 0 Å². The SMILES string of the molecule is N#CC1=C(N)C(=O)C(Cl)=C(Cl)C1=O. The Morgan fingerprint density at radius 3 is 2.08 bits per heavy atom. The van der Waals surface area contributed by atoms with Crippen molar-refractivity contribution in [3.8, 4) is 6.07 Å². The fourth-order valence-corrected chi connectivity index (χ4v) is 1.14. The molecule has 0 aliphatic heterocycles. The van der Waals surface area contributed by atoms with Gasteiger partial charge < -0.3 is 5.73 Å². The third-order valence-electron chi connectivity index (χ3n) is 1.44. The summed E-state index contributed by atoms with van der Waals surface area (Å²) >= 11 is 10.8. The molecule has 0 bridgehead atoms. The predicted molar refractivity (Wildman–Crippen MR) is 45.6 cm³/mol. The van der Waals surface area contributed by atoms with Crippen molar-refractivity contribution in [2.24, 2.45) is 5.73 Å². The van der Waals surface area contributed by atoms with Gasteiger partial charge in [-0.1, -0.05) is 23.2 Å². The van der Waals surface area contributed by atoms with Gasteiger partial charge in [-0.25, -0.2) is 0 Å². The van der Waals surface area contributed by atoms with Crippen LogP contribution in [0.5, 0.6) is 0 Å². The lowest BCUT2D eigenvalue weighted by molar-refractivity contribution is -0.115. The molecular weight excluding hydrogens is 215 g/mol. The summed E-state index contributed by atoms with van der Waals surface area (Å²) in [7, 11) is 0. The molecule has 1 rings (SSSR count). The van der Waals surface area contributed by atoms with Crippen molar-refractivity contribution >= 4 is 34.8 Å². The van der Waals surface area contributed by atoms with Gasteiger partial charge in [-0.3, -0.25) is 9.59 Å². The normalized spacial score (nSPS) is 17.9. The van der Waals surface area contributed by atoms with Gasteiger partial charge in [-0.05, 0) is 0 Å². The van der Waals surface area contributed by atoms with Crippen LogP contribution in [0.25, 0.3) is 0 Å². The molecule has 6 heteroatoms. The standard InChI is InChI=1S/C7H2Cl2N2O2/c8-3-4(9)7(13)5(11)2(1-10)6(3)12/h11H2. The monoisotopic (exact) mass is 216 g/mol. The molecule has 0 amide bonds. The van der Waals surface area contributed by atoms with Crippen LogP contribution in [0, 0.1) is 11.3 Å². The van der Waals surface area contributed by atoms with Crippen molar-refractivity contribution < 1.29 is 9.59 Å². The average molecular weight is 217 g/mol. The van der Waals surface area contributed by atoms with Gasteiger partial charge in [0.1, 0.15) is 27.4 Å². The highest BCUT2D eigenvalue weighted by Gasteiger charge is 2.31. The zero-order valence-electron chi connectivity index (χ0n) is 6.10. The predicted octanol–water partition coefficient (Wildman–Crippen LogP) is 0.564. The number of nitriles is 1. The van der Waals surface area contributed by atoms with Crippen LogP contribution in [0.2, 0.25) is 0 Å². The topological polar surface area (TPSA) is 83.9 Å². The van der Waals surface area contributed by atoms with E-state index < -0.39 is 32.9 Å². The van der Waals surface area contributed by atoms with Gasteiger partial charge in [-0.2, -0.15) is 5.26 Å². The number of allylic oxidation sites excluding steroid dienone is 3. The molecule has 2 N–H and O–H groups in total. The highest BCUT2D eigenvalue weighted by Crippen LogP contribution is 2.26. The first-order valence-corrected chi connectivity index (χ1v) is 3.80. The second-order valence-corrected chi connectivity index (χ2v) is 2.94. The van der Waals surface area contributed by atoms with Crippen molar-refractivity contribution in [2.45, 2.75) is 0 Å². The third kappa shape index (κ3) is 1.32. The first-order valence-electron chi connectivity index (χ1n) is 3.05. The zero-order valence-corrected chi connectivity index (χ0v) is 7.61. The summed E-state index contributed by atoms with van der Waals surface area (Å²) in [4.78, 5) is 22.2. The molecule has 0 radical (unpaired) electrons. The molecule has 13 heavy (non-hydrogen) atoms. The van der Waals surface area contributed by atoms with E-state index in [0.717, 1.165) is 0 Å². The minimum absolute atomic E-state index is 0.442. The molecule has 0 unspecified atom stereocenters. The number of hydrogen-bond donors (Lipinski definition) is 1. The second kappa shape index (κ2) is 3.21. The lowest BCUT2D eigenvalue weighted by Gasteiger charge is -2.09. The minimum Gasteiger partial charge on any atom is -0.394 e. The number of halogens is 2. The summed E-state index contributed by atoms with van der Waals surface area (Å²) < 4.78 is 0. The lowest BCUT2D eigenvalue weighted by atomic mass is 10.0. The Morgan fingerprint density at radius 2 is 1.62 bits per heavy atom. The summed E-state index contributed by atoms with van der Waals surface area (Å²) in [5.41, 5.74) is 4.27. The van der Waals surface area contributed by atoms with Gasteiger partial charge in [-0.15, -0.1) is 0 Å². The Labute approximate surface area is 83.2 Å². The number of ketones is 2. The number of nitrogens with two attached hydrogens (primary N) is 1. The summed E-state index contributed by atoms with van der Waals surface area (Å²) in [6.07, 6.45) is 0. The van der Waals surface area contributed by atoms with Crippen LogP contribution < -0.4 is 5.73 Å². The first-order chi connectivity index (χ1) is 6.00. The fraction of sp³-hybridized carbons (Fsp3) is 0. The van der Waals surface area contributed by atoms with Crippen molar-refractivity contribution in [3.63, 3.8) is 0 Å². The fourth-order valence-electron chi connectivity index (χ4n) is 0.774. The highest BCUT2D eigenvalue weighted by molar-refractivity contribution is 6.59. The maximum absolute atomic E-state index is 11.1. The zero-order chi connectivity index (χ0) is 10.2. The number of rotatable bonds is 0. The molecule has 0 heterocycles. The Kier molecular flexibility index (Phi) is 2.41. The van der Waals surface area contributed by atoms with E-state index in [9.17, 15) is 9.59 Å². The van der Waals surface area contributed by atoms with Crippen LogP contribution in [0.3, 0.4) is 0 Å². The molecule has 4 nitrogen and oxygen atoms in total. The van der Waals surface area contributed by atoms with Crippen molar-refractivity contribution in [3.05, 3.63) is 21.3 Å². The Morgan fingerprint density at radius 1 is 1.15 bits per heavy atom. The molecular formula is C7H2Cl2N2O2. The lowest BCUT2D eigenvalue weighted by Crippen LogP contribution is -2.24. The van der Waals surface area contributed by atoms with Crippen molar-refractivity contribution in [1.82, 2.24) is 0 Å². The Bertz CT molecular complexity index is 415. The van der Waals surface area contributed by atoms with E-state index in [4.69, 9.17) is 34.2 Å². The van der Waals surface area contributed by atoms with Gasteiger partial charge in [0.25, 0.3) is 0 Å². The Hall–Kier alpha value is -1.31. The number of carbonyl (C=O) groups excluding carboxylic acids is 2. The Balaban J connectivity index is 3.40. The van der Waals surface area contributed by atoms with Gasteiger partial charge in [0.05, 0.1) is 0 Å². The van der Waals surface area contributed by atoms with E-state index in [1.165, 1.54) is 6.07 Å². The molecule has 0 aromatic carbocycles. The quantitative estimate of drug-likeness (QED) is 0.601. The van der Waals surface area contributed by atoms with E-state index in [0.29, 0.717) is 0 Å². The molecule has 0 saturated carbocycles. The average Bonchev–Trinajstić information content (AvgIpc) is 2.13. The smallest absolute Gasteiger partial charge is 0.223 e. The first kappa shape index (κ1) is 9.78. The van der Waals surface area contributed by atoms with Gasteiger partial charge >= 0.3 is 0 Å². The molecule has 0 spiro atoms. The van der Waals surface area contributed by atoms with Crippen LogP contribution in [0.1, 0.15) is 0 Å². The van der Waals surface area contributed by atoms with Crippen LogP contribution >= 0.6 is 23.2 Å². The molecule has 1 aliphatic carbocycles. The molecule has 0 saturated heterocycles. The number of carbonyl (C=O) groups is 2. The number of hydrogen-bond acceptors (Lipinski definition) is 4. The summed E-state index contributed by atoms with van der Waals surface area (Å²) in [6, 6.07) is 1.49. The van der Waals surface area contributed by atoms with Crippen LogP contribution in [0.15, 0.2) is 21.3 Å². The van der Waals surface area contributed by atoms with E-state index in [1.54, 1.807) is 0 Å². The van der Waals surface area contributed by atoms with Crippen LogP contribution in [-0.4, -0.2) is 11.6 Å². The maximum atomic E-state index is 11.1. The van der Waals surface area contributed by atoms with E-state index in [1.807, 2.05) is 0 Å². The van der Waals surface area contributed by atoms with E-state index in [-0.39, 0.29) is 0 Å². The number of Topliss-reactive ketones (excluding diaryl/α,β-unsaturated/α-hetero) is 2. The molecule has 1 aliphatic rings. The highest BCUT2D eigenvalue weighted by atomic mass is 35.5. The van der Waals surface area contributed by atoms with E-state index >= 15 is 0 Å². The maximum Gasteiger partial charge on any atom is 0.223 e. The van der Waals surface area contributed by atoms with Crippen LogP contribution in [-0.2, 0) is 9.59 Å². The summed E-state index contributed by atoms with van der Waals surface area (Å²) in [5.74, 6) is -1.60. The molecule has 0 atom stereocenters. The van der Waals surface area contributed by atoms with Gasteiger partial charge in [0.2, 0.25) is 11.6 Å². The summed E-state index contributed by atoms with van der Waals surface area (Å²) in [6.45, 7) is 0. The third-order valence-corrected chi connectivity index (χ3v) is 2.26. The minimum atomic E-state index is -0.814. The molecule has 0 fully saturated rings. The second-order valence-electron chi connectivity index (χ2n) is 2.19. The molecule has 0 aromatic rings. The van der Waals surface area contributed by atoms with Crippen molar-refractivity contribution in [1.29, 1.82) is 5.26 Å². The van der Waals surface area contributed by atoms with E-state index in [2.05, 4.69) is 0 Å². The molecule has 66 valence electrons. The number of nitrogens with zero attached hydrogens (tertiary/aromatic N) is 1. The summed E-state index contributed by atoms with van der Waals surface area (Å²) in [5, 5.41) is 7.57.